The molecule has 1 aromatic rings. The zero-order valence-corrected chi connectivity index (χ0v) is 13.8. The molecule has 0 aliphatic heterocycles. The second kappa shape index (κ2) is 7.46. The molecule has 116 valence electrons. The molecular weight excluding hydrogens is 288 g/mol. The smallest absolute Gasteiger partial charge is 0.239 e. The van der Waals surface area contributed by atoms with Gasteiger partial charge in [0.1, 0.15) is 0 Å². The molecule has 2 N–H and O–H groups in total. The van der Waals surface area contributed by atoms with Gasteiger partial charge in [-0.1, -0.05) is 23.7 Å². The predicted octanol–water partition coefficient (Wildman–Crippen LogP) is 2.61. The summed E-state index contributed by atoms with van der Waals surface area (Å²) in [6, 6.07) is 5.77. The first-order chi connectivity index (χ1) is 9.67. The molecule has 0 saturated heterocycles. The molecule has 5 heteroatoms. The van der Waals surface area contributed by atoms with Crippen molar-refractivity contribution < 1.29 is 9.59 Å². The summed E-state index contributed by atoms with van der Waals surface area (Å²) in [5.41, 5.74) is 1.74. The van der Waals surface area contributed by atoms with Crippen LogP contribution in [0.5, 0.6) is 0 Å². The SMILES string of the molecule is Cc1ccc(CCC(=O)NCC(=O)NC(C)(C)C)cc1Cl. The van der Waals surface area contributed by atoms with Crippen LogP contribution < -0.4 is 10.6 Å². The van der Waals surface area contributed by atoms with Crippen molar-refractivity contribution in [2.24, 2.45) is 0 Å². The number of aryl methyl sites for hydroxylation is 2. The maximum absolute atomic E-state index is 11.7. The van der Waals surface area contributed by atoms with Crippen molar-refractivity contribution in [1.82, 2.24) is 10.6 Å². The highest BCUT2D eigenvalue weighted by atomic mass is 35.5. The number of halogens is 1. The first-order valence-corrected chi connectivity index (χ1v) is 7.38. The Labute approximate surface area is 131 Å². The fourth-order valence-electron chi connectivity index (χ4n) is 1.78. The molecule has 0 atom stereocenters. The van der Waals surface area contributed by atoms with Crippen LogP contribution in [-0.4, -0.2) is 23.9 Å². The van der Waals surface area contributed by atoms with E-state index in [9.17, 15) is 9.59 Å². The average molecular weight is 311 g/mol. The third kappa shape index (κ3) is 7.14. The summed E-state index contributed by atoms with van der Waals surface area (Å²) in [6.45, 7) is 7.63. The van der Waals surface area contributed by atoms with E-state index in [2.05, 4.69) is 10.6 Å². The van der Waals surface area contributed by atoms with Gasteiger partial charge in [-0.2, -0.15) is 0 Å². The summed E-state index contributed by atoms with van der Waals surface area (Å²) in [7, 11) is 0. The van der Waals surface area contributed by atoms with Gasteiger partial charge in [0.05, 0.1) is 6.54 Å². The summed E-state index contributed by atoms with van der Waals surface area (Å²) in [4.78, 5) is 23.3. The molecule has 0 spiro atoms. The summed E-state index contributed by atoms with van der Waals surface area (Å²) in [5.74, 6) is -0.329. The number of carbonyl (C=O) groups is 2. The lowest BCUT2D eigenvalue weighted by Crippen LogP contribution is -2.45. The Hall–Kier alpha value is -1.55. The van der Waals surface area contributed by atoms with Crippen LogP contribution in [0.2, 0.25) is 5.02 Å². The standard InChI is InChI=1S/C16H23ClN2O2/c1-11-5-6-12(9-13(11)17)7-8-14(20)18-10-15(21)19-16(2,3)4/h5-6,9H,7-8,10H2,1-4H3,(H,18,20)(H,19,21). The van der Waals surface area contributed by atoms with Gasteiger partial charge in [-0.25, -0.2) is 0 Å². The zero-order valence-electron chi connectivity index (χ0n) is 13.0. The van der Waals surface area contributed by atoms with E-state index in [4.69, 9.17) is 11.6 Å². The summed E-state index contributed by atoms with van der Waals surface area (Å²) in [5, 5.41) is 6.11. The monoisotopic (exact) mass is 310 g/mol. The third-order valence-corrected chi connectivity index (χ3v) is 3.24. The van der Waals surface area contributed by atoms with E-state index in [1.165, 1.54) is 0 Å². The Morgan fingerprint density at radius 3 is 2.43 bits per heavy atom. The minimum Gasteiger partial charge on any atom is -0.350 e. The number of hydrogen-bond donors (Lipinski definition) is 2. The molecule has 0 bridgehead atoms. The van der Waals surface area contributed by atoms with Crippen LogP contribution in [0, 0.1) is 6.92 Å². The molecule has 0 heterocycles. The van der Waals surface area contributed by atoms with Gasteiger partial charge in [0.2, 0.25) is 11.8 Å². The van der Waals surface area contributed by atoms with E-state index in [1.807, 2.05) is 45.9 Å². The first-order valence-electron chi connectivity index (χ1n) is 7.00. The maximum Gasteiger partial charge on any atom is 0.239 e. The highest BCUT2D eigenvalue weighted by Gasteiger charge is 2.14. The Balaban J connectivity index is 2.34. The highest BCUT2D eigenvalue weighted by molar-refractivity contribution is 6.31. The van der Waals surface area contributed by atoms with Crippen LogP contribution in [0.4, 0.5) is 0 Å². The normalized spacial score (nSPS) is 11.1. The molecule has 0 radical (unpaired) electrons. The van der Waals surface area contributed by atoms with Crippen molar-refractivity contribution in [2.75, 3.05) is 6.54 Å². The molecule has 2 amide bonds. The average Bonchev–Trinajstić information content (AvgIpc) is 2.36. The van der Waals surface area contributed by atoms with Gasteiger partial charge in [0.25, 0.3) is 0 Å². The molecule has 0 aliphatic carbocycles. The van der Waals surface area contributed by atoms with Crippen molar-refractivity contribution in [3.63, 3.8) is 0 Å². The van der Waals surface area contributed by atoms with Crippen LogP contribution in [0.1, 0.15) is 38.3 Å². The number of rotatable bonds is 5. The minimum absolute atomic E-state index is 0.00472. The first kappa shape index (κ1) is 17.5. The van der Waals surface area contributed by atoms with E-state index >= 15 is 0 Å². The zero-order chi connectivity index (χ0) is 16.0. The minimum atomic E-state index is -0.291. The summed E-state index contributed by atoms with van der Waals surface area (Å²) < 4.78 is 0. The third-order valence-electron chi connectivity index (χ3n) is 2.84. The van der Waals surface area contributed by atoms with Crippen LogP contribution in [0.3, 0.4) is 0 Å². The van der Waals surface area contributed by atoms with Crippen molar-refractivity contribution in [3.8, 4) is 0 Å². The fraction of sp³-hybridized carbons (Fsp3) is 0.500. The van der Waals surface area contributed by atoms with Crippen LogP contribution in [0.15, 0.2) is 18.2 Å². The number of amides is 2. The van der Waals surface area contributed by atoms with Gasteiger partial charge in [0.15, 0.2) is 0 Å². The Morgan fingerprint density at radius 2 is 1.86 bits per heavy atom. The lowest BCUT2D eigenvalue weighted by atomic mass is 10.1. The van der Waals surface area contributed by atoms with E-state index < -0.39 is 0 Å². The van der Waals surface area contributed by atoms with Crippen LogP contribution in [0.25, 0.3) is 0 Å². The highest BCUT2D eigenvalue weighted by Crippen LogP contribution is 2.17. The second-order valence-corrected chi connectivity index (χ2v) is 6.57. The molecule has 0 aromatic heterocycles. The number of hydrogen-bond acceptors (Lipinski definition) is 2. The molecule has 0 aliphatic rings. The van der Waals surface area contributed by atoms with Crippen molar-refractivity contribution in [3.05, 3.63) is 34.3 Å². The van der Waals surface area contributed by atoms with Gasteiger partial charge in [0, 0.05) is 17.0 Å². The molecular formula is C16H23ClN2O2. The van der Waals surface area contributed by atoms with Gasteiger partial charge < -0.3 is 10.6 Å². The van der Waals surface area contributed by atoms with Gasteiger partial charge in [-0.05, 0) is 51.3 Å². The van der Waals surface area contributed by atoms with Gasteiger partial charge >= 0.3 is 0 Å². The molecule has 21 heavy (non-hydrogen) atoms. The lowest BCUT2D eigenvalue weighted by Gasteiger charge is -2.20. The van der Waals surface area contributed by atoms with E-state index in [0.29, 0.717) is 17.9 Å². The molecule has 1 rings (SSSR count). The lowest BCUT2D eigenvalue weighted by molar-refractivity contribution is -0.126. The Kier molecular flexibility index (Phi) is 6.21. The topological polar surface area (TPSA) is 58.2 Å². The molecule has 1 aromatic carbocycles. The fourth-order valence-corrected chi connectivity index (χ4v) is 1.98. The molecule has 0 fully saturated rings. The Morgan fingerprint density at radius 1 is 1.19 bits per heavy atom. The molecule has 4 nitrogen and oxygen atoms in total. The van der Waals surface area contributed by atoms with E-state index in [0.717, 1.165) is 11.1 Å². The van der Waals surface area contributed by atoms with E-state index in [1.54, 1.807) is 0 Å². The Bertz CT molecular complexity index is 521. The largest absolute Gasteiger partial charge is 0.350 e. The number of nitrogens with one attached hydrogen (secondary N) is 2. The maximum atomic E-state index is 11.7. The van der Waals surface area contributed by atoms with Crippen molar-refractivity contribution in [2.45, 2.75) is 46.1 Å². The number of carbonyl (C=O) groups excluding carboxylic acids is 2. The summed E-state index contributed by atoms with van der Waals surface area (Å²) in [6.07, 6.45) is 0.939. The number of benzene rings is 1. The molecule has 0 saturated carbocycles. The second-order valence-electron chi connectivity index (χ2n) is 6.16. The van der Waals surface area contributed by atoms with Crippen LogP contribution >= 0.6 is 11.6 Å². The van der Waals surface area contributed by atoms with Crippen molar-refractivity contribution >= 4 is 23.4 Å². The van der Waals surface area contributed by atoms with Crippen LogP contribution in [-0.2, 0) is 16.0 Å². The van der Waals surface area contributed by atoms with Gasteiger partial charge in [-0.3, -0.25) is 9.59 Å². The van der Waals surface area contributed by atoms with Crippen molar-refractivity contribution in [1.29, 1.82) is 0 Å². The quantitative estimate of drug-likeness (QED) is 0.878. The van der Waals surface area contributed by atoms with E-state index in [-0.39, 0.29) is 23.9 Å². The molecule has 0 unspecified atom stereocenters. The summed E-state index contributed by atoms with van der Waals surface area (Å²) >= 11 is 6.04. The van der Waals surface area contributed by atoms with Gasteiger partial charge in [-0.15, -0.1) is 0 Å². The predicted molar refractivity (Wildman–Crippen MR) is 85.4 cm³/mol.